The molecule has 1 rings (SSSR count). The summed E-state index contributed by atoms with van der Waals surface area (Å²) in [6.45, 7) is 0.544. The minimum Gasteiger partial charge on any atom is -0.388 e. The van der Waals surface area contributed by atoms with E-state index in [1.807, 2.05) is 0 Å². The van der Waals surface area contributed by atoms with Gasteiger partial charge in [0.1, 0.15) is 6.10 Å². The number of rotatable bonds is 8. The lowest BCUT2D eigenvalue weighted by Crippen LogP contribution is -2.45. The van der Waals surface area contributed by atoms with Crippen LogP contribution in [-0.4, -0.2) is 61.5 Å². The lowest BCUT2D eigenvalue weighted by atomic mass is 10.2. The Morgan fingerprint density at radius 2 is 1.96 bits per heavy atom. The van der Waals surface area contributed by atoms with E-state index >= 15 is 0 Å². The first kappa shape index (κ1) is 21.9. The smallest absolute Gasteiger partial charge is 0.388 e. The van der Waals surface area contributed by atoms with E-state index in [0.29, 0.717) is 0 Å². The summed E-state index contributed by atoms with van der Waals surface area (Å²) in [5, 5.41) is 9.92. The van der Waals surface area contributed by atoms with Crippen molar-refractivity contribution in [1.82, 2.24) is 4.90 Å². The summed E-state index contributed by atoms with van der Waals surface area (Å²) in [6, 6.07) is -1.03. The van der Waals surface area contributed by atoms with E-state index in [2.05, 4.69) is 8.83 Å². The Morgan fingerprint density at radius 1 is 1.36 bits per heavy atom. The standard InChI is InChI=1S/C10H18N2O11P2/c1-6(13)2-3-12(10(11)15)9-8(14)4-7(22-9)5-21-25(19,20)23-24(16,17)18/h2-3,7-9,14H,4-5H2,1H3,(H2,11,15)(H,19,20)(H2,16,17,18)/b3-2-. The molecule has 1 saturated heterocycles. The van der Waals surface area contributed by atoms with Crippen molar-refractivity contribution in [3.63, 3.8) is 0 Å². The number of aliphatic hydroxyl groups excluding tert-OH is 1. The van der Waals surface area contributed by atoms with E-state index in [1.54, 1.807) is 0 Å². The van der Waals surface area contributed by atoms with Gasteiger partial charge in [-0.25, -0.2) is 13.9 Å². The van der Waals surface area contributed by atoms with Crippen LogP contribution in [0, 0.1) is 0 Å². The van der Waals surface area contributed by atoms with Crippen molar-refractivity contribution >= 4 is 27.5 Å². The molecule has 4 unspecified atom stereocenters. The van der Waals surface area contributed by atoms with Crippen LogP contribution >= 0.6 is 15.6 Å². The second-order valence-electron chi connectivity index (χ2n) is 4.96. The topological polar surface area (TPSA) is 206 Å². The number of hydrogen-bond donors (Lipinski definition) is 5. The Bertz CT molecular complexity index is 632. The molecule has 0 saturated carbocycles. The number of hydrogen-bond acceptors (Lipinski definition) is 8. The van der Waals surface area contributed by atoms with Crippen LogP contribution in [0.3, 0.4) is 0 Å². The fraction of sp³-hybridized carbons (Fsp3) is 0.600. The molecule has 0 aromatic carbocycles. The molecular weight excluding hydrogens is 386 g/mol. The molecule has 0 spiro atoms. The van der Waals surface area contributed by atoms with Gasteiger partial charge in [-0.15, -0.1) is 0 Å². The average molecular weight is 404 g/mol. The molecule has 1 heterocycles. The molecule has 1 aliphatic heterocycles. The number of urea groups is 1. The third-order valence-electron chi connectivity index (χ3n) is 2.80. The van der Waals surface area contributed by atoms with Crippen LogP contribution in [0.2, 0.25) is 0 Å². The van der Waals surface area contributed by atoms with Gasteiger partial charge in [0.05, 0.1) is 12.7 Å². The summed E-state index contributed by atoms with van der Waals surface area (Å²) in [5.74, 6) is -0.394. The molecule has 0 radical (unpaired) electrons. The van der Waals surface area contributed by atoms with Crippen molar-refractivity contribution < 1.29 is 52.1 Å². The molecule has 2 amide bonds. The Hall–Kier alpha value is -1.14. The Labute approximate surface area is 141 Å². The van der Waals surface area contributed by atoms with Crippen LogP contribution in [0.15, 0.2) is 12.3 Å². The maximum atomic E-state index is 11.4. The Morgan fingerprint density at radius 3 is 2.44 bits per heavy atom. The second-order valence-corrected chi connectivity index (χ2v) is 7.79. The highest BCUT2D eigenvalue weighted by Gasteiger charge is 2.41. The maximum absolute atomic E-state index is 11.4. The number of ketones is 1. The molecule has 6 N–H and O–H groups in total. The number of primary amides is 1. The van der Waals surface area contributed by atoms with Gasteiger partial charge < -0.3 is 30.3 Å². The second kappa shape index (κ2) is 8.49. The fourth-order valence-corrected chi connectivity index (χ4v) is 3.51. The summed E-state index contributed by atoms with van der Waals surface area (Å²) < 4.78 is 35.1. The molecule has 1 fully saturated rings. The van der Waals surface area contributed by atoms with Crippen LogP contribution in [0.5, 0.6) is 0 Å². The highest BCUT2D eigenvalue weighted by Crippen LogP contribution is 2.57. The van der Waals surface area contributed by atoms with Crippen LogP contribution in [0.25, 0.3) is 0 Å². The molecule has 15 heteroatoms. The maximum Gasteiger partial charge on any atom is 0.481 e. The number of phosphoric acid groups is 2. The largest absolute Gasteiger partial charge is 0.481 e. The molecule has 144 valence electrons. The van der Waals surface area contributed by atoms with Crippen LogP contribution < -0.4 is 5.73 Å². The first-order valence-corrected chi connectivity index (χ1v) is 9.67. The monoisotopic (exact) mass is 404 g/mol. The molecule has 0 bridgehead atoms. The zero-order valence-corrected chi connectivity index (χ0v) is 14.7. The number of amides is 2. The predicted molar refractivity (Wildman–Crippen MR) is 79.4 cm³/mol. The van der Waals surface area contributed by atoms with Gasteiger partial charge in [0.2, 0.25) is 0 Å². The summed E-state index contributed by atoms with van der Waals surface area (Å²) in [7, 11) is -10.3. The molecule has 13 nitrogen and oxygen atoms in total. The van der Waals surface area contributed by atoms with E-state index in [1.165, 1.54) is 6.92 Å². The van der Waals surface area contributed by atoms with Gasteiger partial charge in [-0.2, -0.15) is 4.31 Å². The minimum atomic E-state index is -5.26. The zero-order valence-electron chi connectivity index (χ0n) is 12.9. The lowest BCUT2D eigenvalue weighted by Gasteiger charge is -2.25. The fourth-order valence-electron chi connectivity index (χ4n) is 1.89. The first-order chi connectivity index (χ1) is 11.3. The number of nitrogens with zero attached hydrogens (tertiary/aromatic N) is 1. The molecule has 0 aromatic rings. The third kappa shape index (κ3) is 7.74. The number of carbonyl (C=O) groups is 2. The van der Waals surface area contributed by atoms with Crippen molar-refractivity contribution in [1.29, 1.82) is 0 Å². The van der Waals surface area contributed by atoms with Crippen molar-refractivity contribution in [3.05, 3.63) is 12.3 Å². The summed E-state index contributed by atoms with van der Waals surface area (Å²) in [6.07, 6.45) is -1.71. The highest BCUT2D eigenvalue weighted by molar-refractivity contribution is 7.60. The van der Waals surface area contributed by atoms with E-state index in [9.17, 15) is 23.8 Å². The van der Waals surface area contributed by atoms with Gasteiger partial charge in [-0.3, -0.25) is 14.2 Å². The predicted octanol–water partition coefficient (Wildman–Crippen LogP) is -0.828. The molecule has 25 heavy (non-hydrogen) atoms. The van der Waals surface area contributed by atoms with Crippen molar-refractivity contribution in [2.75, 3.05) is 6.61 Å². The summed E-state index contributed by atoms with van der Waals surface area (Å²) in [4.78, 5) is 49.2. The van der Waals surface area contributed by atoms with E-state index < -0.39 is 52.5 Å². The summed E-state index contributed by atoms with van der Waals surface area (Å²) >= 11 is 0. The average Bonchev–Trinajstić information content (AvgIpc) is 2.75. The number of phosphoric ester groups is 1. The molecule has 0 aromatic heterocycles. The van der Waals surface area contributed by atoms with Gasteiger partial charge in [0.15, 0.2) is 12.0 Å². The number of allylic oxidation sites excluding steroid dienone is 1. The number of nitrogens with two attached hydrogens (primary N) is 1. The zero-order chi connectivity index (χ0) is 19.4. The van der Waals surface area contributed by atoms with E-state index in [-0.39, 0.29) is 6.42 Å². The van der Waals surface area contributed by atoms with E-state index in [4.69, 9.17) is 25.2 Å². The van der Waals surface area contributed by atoms with Crippen LogP contribution in [-0.2, 0) is 27.5 Å². The Balaban J connectivity index is 2.70. The van der Waals surface area contributed by atoms with E-state index in [0.717, 1.165) is 17.2 Å². The third-order valence-corrected chi connectivity index (χ3v) is 4.95. The molecule has 1 aliphatic rings. The lowest BCUT2D eigenvalue weighted by molar-refractivity contribution is -0.112. The number of aliphatic hydroxyl groups is 1. The van der Waals surface area contributed by atoms with Crippen LogP contribution in [0.4, 0.5) is 4.79 Å². The van der Waals surface area contributed by atoms with Gasteiger partial charge in [-0.1, -0.05) is 0 Å². The normalized spacial score (nSPS) is 26.5. The van der Waals surface area contributed by atoms with Crippen LogP contribution in [0.1, 0.15) is 13.3 Å². The van der Waals surface area contributed by atoms with Crippen molar-refractivity contribution in [2.24, 2.45) is 5.73 Å². The highest BCUT2D eigenvalue weighted by atomic mass is 31.3. The van der Waals surface area contributed by atoms with Gasteiger partial charge in [-0.05, 0) is 13.0 Å². The van der Waals surface area contributed by atoms with Crippen molar-refractivity contribution in [2.45, 2.75) is 31.8 Å². The van der Waals surface area contributed by atoms with Crippen molar-refractivity contribution in [3.8, 4) is 0 Å². The molecule has 0 aliphatic carbocycles. The summed E-state index contributed by atoms with van der Waals surface area (Å²) in [5.41, 5.74) is 5.13. The molecular formula is C10H18N2O11P2. The molecule has 4 atom stereocenters. The Kier molecular flexibility index (Phi) is 7.44. The van der Waals surface area contributed by atoms with Gasteiger partial charge >= 0.3 is 21.7 Å². The SMILES string of the molecule is CC(=O)/C=C\N(C(N)=O)C1OC(COP(=O)(O)OP(=O)(O)O)CC1O. The quantitative estimate of drug-likeness (QED) is 0.249. The minimum absolute atomic E-state index is 0.154. The van der Waals surface area contributed by atoms with Gasteiger partial charge in [0.25, 0.3) is 0 Å². The number of ether oxygens (including phenoxy) is 1. The van der Waals surface area contributed by atoms with Gasteiger partial charge in [0, 0.05) is 12.6 Å². The first-order valence-electron chi connectivity index (χ1n) is 6.65. The number of carbonyl (C=O) groups excluding carboxylic acids is 2.